The van der Waals surface area contributed by atoms with Gasteiger partial charge in [-0.25, -0.2) is 0 Å². The topological polar surface area (TPSA) is 50.7 Å². The maximum absolute atomic E-state index is 10.1. The Morgan fingerprint density at radius 3 is 2.48 bits per heavy atom. The van der Waals surface area contributed by atoms with E-state index in [1.54, 1.807) is 14.2 Å². The molecule has 2 rings (SSSR count). The third-order valence-electron chi connectivity index (χ3n) is 3.66. The molecular formula is C18H22ClNO3. The molecule has 0 heterocycles. The molecular weight excluding hydrogens is 314 g/mol. The number of hydrogen-bond acceptors (Lipinski definition) is 4. The first-order valence-electron chi connectivity index (χ1n) is 7.50. The molecule has 4 nitrogen and oxygen atoms in total. The summed E-state index contributed by atoms with van der Waals surface area (Å²) in [6, 6.07) is 13.4. The minimum Gasteiger partial charge on any atom is -0.493 e. The Hall–Kier alpha value is -1.75. The lowest BCUT2D eigenvalue weighted by Crippen LogP contribution is -2.23. The van der Waals surface area contributed by atoms with Crippen LogP contribution in [0.25, 0.3) is 0 Å². The number of benzene rings is 2. The third kappa shape index (κ3) is 4.61. The summed E-state index contributed by atoms with van der Waals surface area (Å²) in [6.07, 6.45) is 0.220. The van der Waals surface area contributed by atoms with E-state index in [9.17, 15) is 5.11 Å². The van der Waals surface area contributed by atoms with E-state index in [4.69, 9.17) is 21.1 Å². The third-order valence-corrected chi connectivity index (χ3v) is 4.07. The van der Waals surface area contributed by atoms with Crippen LogP contribution < -0.4 is 14.8 Å². The van der Waals surface area contributed by atoms with Crippen molar-refractivity contribution in [2.45, 2.75) is 12.5 Å². The monoisotopic (exact) mass is 335 g/mol. The smallest absolute Gasteiger partial charge is 0.179 e. The summed E-state index contributed by atoms with van der Waals surface area (Å²) in [5.41, 5.74) is 1.88. The van der Waals surface area contributed by atoms with Gasteiger partial charge >= 0.3 is 0 Å². The van der Waals surface area contributed by atoms with Crippen molar-refractivity contribution in [2.24, 2.45) is 0 Å². The van der Waals surface area contributed by atoms with Crippen molar-refractivity contribution in [1.29, 1.82) is 0 Å². The Bertz CT molecular complexity index is 619. The minimum atomic E-state index is -0.517. The Labute approximate surface area is 142 Å². The zero-order chi connectivity index (χ0) is 16.7. The first-order valence-corrected chi connectivity index (χ1v) is 7.88. The second-order valence-electron chi connectivity index (χ2n) is 5.15. The van der Waals surface area contributed by atoms with Gasteiger partial charge in [0.05, 0.1) is 25.3 Å². The van der Waals surface area contributed by atoms with Gasteiger partial charge in [-0.1, -0.05) is 48.0 Å². The molecule has 0 amide bonds. The van der Waals surface area contributed by atoms with E-state index in [-0.39, 0.29) is 0 Å². The van der Waals surface area contributed by atoms with Crippen molar-refractivity contribution in [3.8, 4) is 11.5 Å². The standard InChI is InChI=1S/C18H22ClNO3/c1-22-16-9-8-14(17(19)18(16)23-2)10-11-20-12-15(21)13-6-4-3-5-7-13/h3-9,15,20-21H,10-12H2,1-2H3/t15-/m0/s1. The molecule has 2 aromatic carbocycles. The van der Waals surface area contributed by atoms with Crippen molar-refractivity contribution in [3.05, 3.63) is 58.6 Å². The fourth-order valence-electron chi connectivity index (χ4n) is 2.38. The van der Waals surface area contributed by atoms with Gasteiger partial charge in [0.1, 0.15) is 0 Å². The number of halogens is 1. The van der Waals surface area contributed by atoms with Crippen molar-refractivity contribution < 1.29 is 14.6 Å². The second kappa shape index (κ2) is 8.77. The largest absolute Gasteiger partial charge is 0.493 e. The number of aliphatic hydroxyl groups excluding tert-OH is 1. The normalized spacial score (nSPS) is 12.0. The van der Waals surface area contributed by atoms with Gasteiger partial charge in [-0.3, -0.25) is 0 Å². The average Bonchev–Trinajstić information content (AvgIpc) is 2.60. The van der Waals surface area contributed by atoms with Gasteiger partial charge in [-0.2, -0.15) is 0 Å². The second-order valence-corrected chi connectivity index (χ2v) is 5.53. The molecule has 0 bridgehead atoms. The molecule has 2 N–H and O–H groups in total. The van der Waals surface area contributed by atoms with Crippen LogP contribution in [-0.2, 0) is 6.42 Å². The first-order chi connectivity index (χ1) is 11.2. The van der Waals surface area contributed by atoms with Crippen LogP contribution in [0.1, 0.15) is 17.2 Å². The van der Waals surface area contributed by atoms with E-state index in [1.807, 2.05) is 42.5 Å². The highest BCUT2D eigenvalue weighted by Crippen LogP contribution is 2.37. The summed E-state index contributed by atoms with van der Waals surface area (Å²) in [7, 11) is 3.16. The van der Waals surface area contributed by atoms with Crippen LogP contribution in [0, 0.1) is 0 Å². The Kier molecular flexibility index (Phi) is 6.71. The molecule has 0 saturated carbocycles. The first kappa shape index (κ1) is 17.6. The van der Waals surface area contributed by atoms with Gasteiger partial charge in [0.25, 0.3) is 0 Å². The van der Waals surface area contributed by atoms with E-state index in [0.29, 0.717) is 29.6 Å². The van der Waals surface area contributed by atoms with Crippen LogP contribution in [0.15, 0.2) is 42.5 Å². The summed E-state index contributed by atoms with van der Waals surface area (Å²) in [5, 5.41) is 13.9. The van der Waals surface area contributed by atoms with Gasteiger partial charge in [0.2, 0.25) is 0 Å². The lowest BCUT2D eigenvalue weighted by atomic mass is 10.1. The molecule has 1 atom stereocenters. The number of nitrogens with one attached hydrogen (secondary N) is 1. The molecule has 5 heteroatoms. The lowest BCUT2D eigenvalue weighted by Gasteiger charge is -2.14. The average molecular weight is 336 g/mol. The van der Waals surface area contributed by atoms with Crippen molar-refractivity contribution in [2.75, 3.05) is 27.3 Å². The van der Waals surface area contributed by atoms with E-state index < -0.39 is 6.10 Å². The minimum absolute atomic E-state index is 0.495. The number of hydrogen-bond donors (Lipinski definition) is 2. The van der Waals surface area contributed by atoms with Gasteiger partial charge in [-0.05, 0) is 30.2 Å². The molecule has 23 heavy (non-hydrogen) atoms. The summed E-state index contributed by atoms with van der Waals surface area (Å²) >= 11 is 6.35. The van der Waals surface area contributed by atoms with Crippen molar-refractivity contribution >= 4 is 11.6 Å². The van der Waals surface area contributed by atoms with Crippen LogP contribution >= 0.6 is 11.6 Å². The number of ether oxygens (including phenoxy) is 2. The van der Waals surface area contributed by atoms with Crippen LogP contribution in [-0.4, -0.2) is 32.4 Å². The lowest BCUT2D eigenvalue weighted by molar-refractivity contribution is 0.175. The Balaban J connectivity index is 1.87. The molecule has 0 saturated heterocycles. The van der Waals surface area contributed by atoms with Gasteiger partial charge in [0.15, 0.2) is 11.5 Å². The molecule has 0 fully saturated rings. The quantitative estimate of drug-likeness (QED) is 0.727. The molecule has 0 radical (unpaired) electrons. The molecule has 2 aromatic rings. The predicted molar refractivity (Wildman–Crippen MR) is 92.5 cm³/mol. The van der Waals surface area contributed by atoms with E-state index in [1.165, 1.54) is 0 Å². The summed E-state index contributed by atoms with van der Waals surface area (Å²) < 4.78 is 10.5. The molecule has 0 aliphatic carbocycles. The SMILES string of the molecule is COc1ccc(CCNC[C@H](O)c2ccccc2)c(Cl)c1OC. The van der Waals surface area contributed by atoms with Crippen molar-refractivity contribution in [1.82, 2.24) is 5.32 Å². The predicted octanol–water partition coefficient (Wildman–Crippen LogP) is 3.22. The maximum atomic E-state index is 10.1. The highest BCUT2D eigenvalue weighted by atomic mass is 35.5. The molecule has 0 aromatic heterocycles. The van der Waals surface area contributed by atoms with Crippen LogP contribution in [0.5, 0.6) is 11.5 Å². The highest BCUT2D eigenvalue weighted by molar-refractivity contribution is 6.33. The van der Waals surface area contributed by atoms with Crippen LogP contribution in [0.4, 0.5) is 0 Å². The fraction of sp³-hybridized carbons (Fsp3) is 0.333. The van der Waals surface area contributed by atoms with E-state index in [0.717, 1.165) is 17.5 Å². The molecule has 0 aliphatic rings. The molecule has 124 valence electrons. The maximum Gasteiger partial charge on any atom is 0.179 e. The summed E-state index contributed by atoms with van der Waals surface area (Å²) in [4.78, 5) is 0. The van der Waals surface area contributed by atoms with E-state index in [2.05, 4.69) is 5.32 Å². The fourth-order valence-corrected chi connectivity index (χ4v) is 2.71. The summed E-state index contributed by atoms with van der Waals surface area (Å²) in [5.74, 6) is 1.17. The zero-order valence-electron chi connectivity index (χ0n) is 13.4. The summed E-state index contributed by atoms with van der Waals surface area (Å²) in [6.45, 7) is 1.20. The Morgan fingerprint density at radius 1 is 1.09 bits per heavy atom. The van der Waals surface area contributed by atoms with Gasteiger partial charge in [-0.15, -0.1) is 0 Å². The highest BCUT2D eigenvalue weighted by Gasteiger charge is 2.13. The number of rotatable bonds is 8. The van der Waals surface area contributed by atoms with Gasteiger partial charge < -0.3 is 19.9 Å². The van der Waals surface area contributed by atoms with Crippen molar-refractivity contribution in [3.63, 3.8) is 0 Å². The van der Waals surface area contributed by atoms with Crippen LogP contribution in [0.2, 0.25) is 5.02 Å². The number of methoxy groups -OCH3 is 2. The molecule has 0 unspecified atom stereocenters. The Morgan fingerprint density at radius 2 is 1.83 bits per heavy atom. The van der Waals surface area contributed by atoms with Gasteiger partial charge in [0, 0.05) is 6.54 Å². The van der Waals surface area contributed by atoms with E-state index >= 15 is 0 Å². The number of aliphatic hydroxyl groups is 1. The molecule has 0 aliphatic heterocycles. The van der Waals surface area contributed by atoms with Crippen LogP contribution in [0.3, 0.4) is 0 Å². The zero-order valence-corrected chi connectivity index (χ0v) is 14.1. The molecule has 0 spiro atoms.